The molecule has 0 bridgehead atoms. The number of aromatic nitrogens is 1. The van der Waals surface area contributed by atoms with Crippen molar-refractivity contribution in [1.82, 2.24) is 10.3 Å². The smallest absolute Gasteiger partial charge is 0.326 e. The number of benzene rings is 3. The second-order valence-corrected chi connectivity index (χ2v) is 9.78. The summed E-state index contributed by atoms with van der Waals surface area (Å²) in [5.41, 5.74) is 3.37. The minimum absolute atomic E-state index is 0.137. The molecule has 2 aromatic heterocycles. The molecule has 0 saturated heterocycles. The van der Waals surface area contributed by atoms with E-state index in [-0.39, 0.29) is 12.2 Å². The number of carboxylic acid groups (broad SMARTS) is 1. The number of hydrogen-bond acceptors (Lipinski definition) is 8. The number of oxazole rings is 1. The molecular formula is C30H27N3O5S. The SMILES string of the molecule is O=C(c1cccs1)c1ccccc1NC(Cc1ccc(OCCNCc2nc3ccccc3o2)cc1)C(=O)O. The number of carbonyl (C=O) groups is 2. The van der Waals surface area contributed by atoms with E-state index in [1.807, 2.05) is 60.0 Å². The Morgan fingerprint density at radius 2 is 1.77 bits per heavy atom. The van der Waals surface area contributed by atoms with Gasteiger partial charge >= 0.3 is 5.97 Å². The van der Waals surface area contributed by atoms with Crippen LogP contribution in [0, 0.1) is 0 Å². The van der Waals surface area contributed by atoms with Crippen molar-refractivity contribution >= 4 is 39.9 Å². The molecule has 3 aromatic carbocycles. The van der Waals surface area contributed by atoms with Gasteiger partial charge in [-0.2, -0.15) is 0 Å². The Hall–Kier alpha value is -4.47. The van der Waals surface area contributed by atoms with Crippen LogP contribution >= 0.6 is 11.3 Å². The van der Waals surface area contributed by atoms with Crippen LogP contribution in [0.4, 0.5) is 5.69 Å². The highest BCUT2D eigenvalue weighted by atomic mass is 32.1. The summed E-state index contributed by atoms with van der Waals surface area (Å²) in [5, 5.41) is 18.0. The Balaban J connectivity index is 1.12. The van der Waals surface area contributed by atoms with Gasteiger partial charge in [-0.1, -0.05) is 42.5 Å². The molecule has 8 nitrogen and oxygen atoms in total. The summed E-state index contributed by atoms with van der Waals surface area (Å²) in [7, 11) is 0. The molecule has 0 fully saturated rings. The Bertz CT molecular complexity index is 1510. The predicted molar refractivity (Wildman–Crippen MR) is 151 cm³/mol. The maximum absolute atomic E-state index is 12.9. The molecular weight excluding hydrogens is 514 g/mol. The van der Waals surface area contributed by atoms with E-state index in [2.05, 4.69) is 15.6 Å². The van der Waals surface area contributed by atoms with Crippen molar-refractivity contribution in [3.8, 4) is 5.75 Å². The van der Waals surface area contributed by atoms with Crippen LogP contribution in [-0.4, -0.2) is 41.0 Å². The first-order valence-corrected chi connectivity index (χ1v) is 13.4. The fourth-order valence-electron chi connectivity index (χ4n) is 4.12. The number of nitrogens with zero attached hydrogens (tertiary/aromatic N) is 1. The third-order valence-corrected chi connectivity index (χ3v) is 6.94. The van der Waals surface area contributed by atoms with Gasteiger partial charge in [0.05, 0.1) is 11.4 Å². The molecule has 1 atom stereocenters. The van der Waals surface area contributed by atoms with Gasteiger partial charge in [-0.15, -0.1) is 11.3 Å². The van der Waals surface area contributed by atoms with Crippen LogP contribution in [0.1, 0.15) is 26.7 Å². The number of ether oxygens (including phenoxy) is 1. The molecule has 0 radical (unpaired) electrons. The zero-order chi connectivity index (χ0) is 27.0. The standard InChI is InChI=1S/C30H27N3O5S/c34-29(27-10-5-17-39-27)22-6-1-2-7-23(22)32-25(30(35)36)18-20-11-13-21(14-12-20)37-16-15-31-19-28-33-24-8-3-4-9-26(24)38-28/h1-14,17,25,31-32H,15-16,18-19H2,(H,35,36). The zero-order valence-electron chi connectivity index (χ0n) is 21.0. The molecule has 1 unspecified atom stereocenters. The number of carboxylic acids is 1. The summed E-state index contributed by atoms with van der Waals surface area (Å²) in [5.74, 6) is 0.176. The lowest BCUT2D eigenvalue weighted by atomic mass is 10.0. The summed E-state index contributed by atoms with van der Waals surface area (Å²) >= 11 is 1.35. The highest BCUT2D eigenvalue weighted by Crippen LogP contribution is 2.23. The zero-order valence-corrected chi connectivity index (χ0v) is 21.8. The van der Waals surface area contributed by atoms with Gasteiger partial charge in [0.25, 0.3) is 0 Å². The number of fused-ring (bicyclic) bond motifs is 1. The van der Waals surface area contributed by atoms with Crippen LogP contribution in [0.15, 0.2) is 94.7 Å². The summed E-state index contributed by atoms with van der Waals surface area (Å²) in [6.45, 7) is 1.56. The number of aliphatic carboxylic acids is 1. The van der Waals surface area contributed by atoms with E-state index in [9.17, 15) is 14.7 Å². The largest absolute Gasteiger partial charge is 0.492 e. The van der Waals surface area contributed by atoms with Gasteiger partial charge in [-0.25, -0.2) is 9.78 Å². The number of ketones is 1. The van der Waals surface area contributed by atoms with Crippen molar-refractivity contribution in [2.75, 3.05) is 18.5 Å². The van der Waals surface area contributed by atoms with Gasteiger partial charge in [0.2, 0.25) is 11.7 Å². The predicted octanol–water partition coefficient (Wildman–Crippen LogP) is 5.40. The average Bonchev–Trinajstić information content (AvgIpc) is 3.63. The number of nitrogens with one attached hydrogen (secondary N) is 2. The first-order chi connectivity index (χ1) is 19.1. The van der Waals surface area contributed by atoms with Crippen molar-refractivity contribution in [1.29, 1.82) is 0 Å². The Morgan fingerprint density at radius 3 is 2.54 bits per heavy atom. The number of rotatable bonds is 13. The molecule has 39 heavy (non-hydrogen) atoms. The molecule has 0 amide bonds. The van der Waals surface area contributed by atoms with Crippen molar-refractivity contribution in [3.63, 3.8) is 0 Å². The van der Waals surface area contributed by atoms with Crippen molar-refractivity contribution < 1.29 is 23.8 Å². The fourth-order valence-corrected chi connectivity index (χ4v) is 4.80. The third kappa shape index (κ3) is 6.70. The van der Waals surface area contributed by atoms with Crippen molar-refractivity contribution in [3.05, 3.63) is 112 Å². The van der Waals surface area contributed by atoms with Crippen LogP contribution in [0.2, 0.25) is 0 Å². The normalized spacial score (nSPS) is 11.8. The lowest BCUT2D eigenvalue weighted by Crippen LogP contribution is -2.32. The Morgan fingerprint density at radius 1 is 0.974 bits per heavy atom. The summed E-state index contributed by atoms with van der Waals surface area (Å²) in [6.07, 6.45) is 0.239. The van der Waals surface area contributed by atoms with E-state index in [0.29, 0.717) is 47.5 Å². The molecule has 0 spiro atoms. The van der Waals surface area contributed by atoms with Crippen LogP contribution in [-0.2, 0) is 17.8 Å². The lowest BCUT2D eigenvalue weighted by Gasteiger charge is -2.18. The molecule has 0 saturated carbocycles. The quantitative estimate of drug-likeness (QED) is 0.134. The highest BCUT2D eigenvalue weighted by Gasteiger charge is 2.21. The van der Waals surface area contributed by atoms with E-state index in [1.165, 1.54) is 11.3 Å². The fraction of sp³-hybridized carbons (Fsp3) is 0.167. The molecule has 0 aliphatic rings. The summed E-state index contributed by atoms with van der Waals surface area (Å²) in [6, 6.07) is 24.6. The Kier molecular flexibility index (Phi) is 8.30. The van der Waals surface area contributed by atoms with Gasteiger partial charge in [-0.05, 0) is 53.4 Å². The molecule has 0 aliphatic carbocycles. The lowest BCUT2D eigenvalue weighted by molar-refractivity contribution is -0.137. The first kappa shape index (κ1) is 26.1. The molecule has 5 rings (SSSR count). The van der Waals surface area contributed by atoms with Gasteiger partial charge in [0.15, 0.2) is 5.58 Å². The van der Waals surface area contributed by atoms with E-state index >= 15 is 0 Å². The maximum Gasteiger partial charge on any atom is 0.326 e. The van der Waals surface area contributed by atoms with Gasteiger partial charge in [-0.3, -0.25) is 4.79 Å². The number of anilines is 1. The summed E-state index contributed by atoms with van der Waals surface area (Å²) < 4.78 is 11.5. The molecule has 198 valence electrons. The third-order valence-electron chi connectivity index (χ3n) is 6.07. The molecule has 3 N–H and O–H groups in total. The van der Waals surface area contributed by atoms with Gasteiger partial charge in [0.1, 0.15) is 23.9 Å². The van der Waals surface area contributed by atoms with E-state index in [1.54, 1.807) is 30.3 Å². The molecule has 2 heterocycles. The van der Waals surface area contributed by atoms with Crippen LogP contribution in [0.3, 0.4) is 0 Å². The maximum atomic E-state index is 12.9. The van der Waals surface area contributed by atoms with Crippen LogP contribution < -0.4 is 15.4 Å². The topological polar surface area (TPSA) is 114 Å². The number of carbonyl (C=O) groups excluding carboxylic acids is 1. The van der Waals surface area contributed by atoms with Crippen molar-refractivity contribution in [2.45, 2.75) is 19.0 Å². The minimum Gasteiger partial charge on any atom is -0.492 e. The number of hydrogen-bond donors (Lipinski definition) is 3. The number of para-hydroxylation sites is 3. The minimum atomic E-state index is -1.00. The second-order valence-electron chi connectivity index (χ2n) is 8.84. The van der Waals surface area contributed by atoms with Gasteiger partial charge in [0, 0.05) is 24.2 Å². The molecule has 0 aliphatic heterocycles. The average molecular weight is 542 g/mol. The van der Waals surface area contributed by atoms with Crippen LogP contribution in [0.25, 0.3) is 11.1 Å². The van der Waals surface area contributed by atoms with E-state index in [4.69, 9.17) is 9.15 Å². The molecule has 5 aromatic rings. The van der Waals surface area contributed by atoms with E-state index < -0.39 is 12.0 Å². The molecule has 9 heteroatoms. The number of thiophene rings is 1. The van der Waals surface area contributed by atoms with Crippen LogP contribution in [0.5, 0.6) is 5.75 Å². The second kappa shape index (κ2) is 12.4. The van der Waals surface area contributed by atoms with E-state index in [0.717, 1.165) is 16.7 Å². The van der Waals surface area contributed by atoms with Gasteiger partial charge < -0.3 is 24.9 Å². The first-order valence-electron chi connectivity index (χ1n) is 12.5. The monoisotopic (exact) mass is 541 g/mol. The van der Waals surface area contributed by atoms with Crippen molar-refractivity contribution in [2.24, 2.45) is 0 Å². The highest BCUT2D eigenvalue weighted by molar-refractivity contribution is 7.12. The Labute approximate surface area is 229 Å². The summed E-state index contributed by atoms with van der Waals surface area (Å²) in [4.78, 5) is 30.0.